The molecule has 10 nitrogen and oxygen atoms in total. The predicted octanol–water partition coefficient (Wildman–Crippen LogP) is 0.568. The van der Waals surface area contributed by atoms with Crippen molar-refractivity contribution in [3.8, 4) is 5.75 Å². The zero-order valence-corrected chi connectivity index (χ0v) is 19.6. The van der Waals surface area contributed by atoms with Gasteiger partial charge in [0.1, 0.15) is 17.3 Å². The van der Waals surface area contributed by atoms with Crippen LogP contribution in [0.5, 0.6) is 5.75 Å². The second kappa shape index (κ2) is 10.1. The Morgan fingerprint density at radius 3 is 2.59 bits per heavy atom. The molecule has 1 amide bonds. The Kier molecular flexibility index (Phi) is 7.52. The van der Waals surface area contributed by atoms with Crippen molar-refractivity contribution < 1.29 is 9.53 Å². The van der Waals surface area contributed by atoms with Gasteiger partial charge in [0, 0.05) is 25.4 Å². The van der Waals surface area contributed by atoms with Gasteiger partial charge in [0.2, 0.25) is 5.91 Å². The van der Waals surface area contributed by atoms with Crippen LogP contribution in [0.25, 0.3) is 0 Å². The van der Waals surface area contributed by atoms with Crippen molar-refractivity contribution in [2.75, 3.05) is 35.9 Å². The van der Waals surface area contributed by atoms with Crippen LogP contribution in [0.4, 0.5) is 11.5 Å². The van der Waals surface area contributed by atoms with Crippen LogP contribution in [0.2, 0.25) is 0 Å². The second-order valence-electron chi connectivity index (χ2n) is 7.58. The van der Waals surface area contributed by atoms with Crippen LogP contribution in [-0.2, 0) is 18.9 Å². The molecule has 2 aromatic rings. The van der Waals surface area contributed by atoms with Crippen molar-refractivity contribution in [1.29, 1.82) is 0 Å². The van der Waals surface area contributed by atoms with E-state index in [0.29, 0.717) is 24.0 Å². The number of nitrogens with two attached hydrogens (primary N) is 1. The standard InChI is InChI=1S/C21H30N6O4S/c1-5-31-15-8-6-14(7-9-15)17(22)13(2)32-12-24-16(28)10-27-11-23-19-18(27)20(29)26(4)21(30)25(19)3/h6-9,13,17,23H,5,10-12,22H2,1-4H3,(H,24,28). The predicted molar refractivity (Wildman–Crippen MR) is 127 cm³/mol. The number of nitrogens with zero attached hydrogens (tertiary/aromatic N) is 3. The Bertz CT molecular complexity index is 1080. The molecule has 11 heteroatoms. The molecule has 2 atom stereocenters. The molecule has 1 aromatic heterocycles. The molecule has 0 bridgehead atoms. The number of carbonyl (C=O) groups excluding carboxylic acids is 1. The molecule has 0 spiro atoms. The minimum Gasteiger partial charge on any atom is -0.494 e. The lowest BCUT2D eigenvalue weighted by Crippen LogP contribution is -2.42. The van der Waals surface area contributed by atoms with Crippen LogP contribution < -0.4 is 37.3 Å². The highest BCUT2D eigenvalue weighted by Gasteiger charge is 2.28. The van der Waals surface area contributed by atoms with Gasteiger partial charge in [-0.25, -0.2) is 4.79 Å². The van der Waals surface area contributed by atoms with E-state index in [1.165, 1.54) is 11.6 Å². The van der Waals surface area contributed by atoms with Crippen molar-refractivity contribution in [2.24, 2.45) is 19.8 Å². The molecule has 174 valence electrons. The third-order valence-electron chi connectivity index (χ3n) is 5.43. The average molecular weight is 463 g/mol. The number of fused-ring (bicyclic) bond motifs is 1. The minimum atomic E-state index is -0.426. The van der Waals surface area contributed by atoms with E-state index in [-0.39, 0.29) is 30.4 Å². The molecule has 1 aromatic carbocycles. The summed E-state index contributed by atoms with van der Waals surface area (Å²) in [7, 11) is 3.01. The second-order valence-corrected chi connectivity index (χ2v) is 8.95. The Labute approximate surface area is 190 Å². The number of amides is 1. The van der Waals surface area contributed by atoms with Gasteiger partial charge >= 0.3 is 5.69 Å². The maximum atomic E-state index is 12.5. The summed E-state index contributed by atoms with van der Waals surface area (Å²) in [6.07, 6.45) is 0. The Hall–Kier alpha value is -2.92. The molecule has 1 aliphatic rings. The number of thioether (sulfide) groups is 1. The first-order chi connectivity index (χ1) is 15.2. The number of hydrogen-bond acceptors (Lipinski definition) is 8. The quantitative estimate of drug-likeness (QED) is 0.462. The van der Waals surface area contributed by atoms with Gasteiger partial charge in [-0.15, -0.1) is 11.8 Å². The summed E-state index contributed by atoms with van der Waals surface area (Å²) in [5.41, 5.74) is 6.85. The Morgan fingerprint density at radius 2 is 1.94 bits per heavy atom. The largest absolute Gasteiger partial charge is 0.494 e. The highest BCUT2D eigenvalue weighted by atomic mass is 32.2. The number of anilines is 2. The van der Waals surface area contributed by atoms with Crippen molar-refractivity contribution >= 4 is 29.2 Å². The number of rotatable bonds is 9. The highest BCUT2D eigenvalue weighted by molar-refractivity contribution is 7.99. The van der Waals surface area contributed by atoms with Gasteiger partial charge in [-0.3, -0.25) is 18.7 Å². The molecule has 0 saturated carbocycles. The molecular formula is C21H30N6O4S. The van der Waals surface area contributed by atoms with Crippen molar-refractivity contribution in [2.45, 2.75) is 25.1 Å². The molecule has 0 aliphatic carbocycles. The summed E-state index contributed by atoms with van der Waals surface area (Å²) in [6.45, 7) is 4.86. The van der Waals surface area contributed by atoms with Crippen LogP contribution in [0, 0.1) is 0 Å². The molecule has 32 heavy (non-hydrogen) atoms. The molecule has 3 rings (SSSR count). The topological polar surface area (TPSA) is 124 Å². The van der Waals surface area contributed by atoms with E-state index >= 15 is 0 Å². The summed E-state index contributed by atoms with van der Waals surface area (Å²) < 4.78 is 7.86. The van der Waals surface area contributed by atoms with E-state index in [2.05, 4.69) is 10.6 Å². The van der Waals surface area contributed by atoms with Gasteiger partial charge in [0.25, 0.3) is 5.56 Å². The molecule has 2 unspecified atom stereocenters. The maximum Gasteiger partial charge on any atom is 0.332 e. The number of carbonyl (C=O) groups is 1. The van der Waals surface area contributed by atoms with Gasteiger partial charge in [0.15, 0.2) is 0 Å². The number of benzene rings is 1. The van der Waals surface area contributed by atoms with E-state index in [9.17, 15) is 14.4 Å². The average Bonchev–Trinajstić information content (AvgIpc) is 3.20. The highest BCUT2D eigenvalue weighted by Crippen LogP contribution is 2.26. The molecule has 0 radical (unpaired) electrons. The number of hydrogen-bond donors (Lipinski definition) is 3. The Balaban J connectivity index is 1.52. The van der Waals surface area contributed by atoms with Crippen LogP contribution >= 0.6 is 11.8 Å². The summed E-state index contributed by atoms with van der Waals surface area (Å²) in [5, 5.41) is 5.96. The Morgan fingerprint density at radius 1 is 1.25 bits per heavy atom. The SMILES string of the molecule is CCOc1ccc(C(N)C(C)SCNC(=O)CN2CNc3c2c(=O)n(C)c(=O)n3C)cc1. The summed E-state index contributed by atoms with van der Waals surface area (Å²) in [6, 6.07) is 7.53. The molecule has 0 saturated heterocycles. The molecule has 1 aliphatic heterocycles. The van der Waals surface area contributed by atoms with E-state index in [4.69, 9.17) is 10.5 Å². The van der Waals surface area contributed by atoms with Crippen molar-refractivity contribution in [1.82, 2.24) is 14.5 Å². The van der Waals surface area contributed by atoms with Crippen LogP contribution in [0.3, 0.4) is 0 Å². The number of aromatic nitrogens is 2. The number of ether oxygens (including phenoxy) is 1. The van der Waals surface area contributed by atoms with Gasteiger partial charge in [0.05, 0.1) is 25.7 Å². The summed E-state index contributed by atoms with van der Waals surface area (Å²) >= 11 is 1.54. The fraction of sp³-hybridized carbons (Fsp3) is 0.476. The van der Waals surface area contributed by atoms with Gasteiger partial charge < -0.3 is 26.0 Å². The van der Waals surface area contributed by atoms with Crippen molar-refractivity contribution in [3.05, 3.63) is 50.7 Å². The normalized spacial score (nSPS) is 14.5. The first kappa shape index (κ1) is 23.7. The zero-order valence-electron chi connectivity index (χ0n) is 18.8. The lowest BCUT2D eigenvalue weighted by atomic mass is 10.1. The minimum absolute atomic E-state index is 0.00727. The first-order valence-corrected chi connectivity index (χ1v) is 11.4. The lowest BCUT2D eigenvalue weighted by molar-refractivity contribution is -0.119. The molecule has 4 N–H and O–H groups in total. The van der Waals surface area contributed by atoms with Gasteiger partial charge in [-0.1, -0.05) is 19.1 Å². The van der Waals surface area contributed by atoms with Crippen LogP contribution in [0.1, 0.15) is 25.5 Å². The molecule has 0 fully saturated rings. The number of nitrogens with one attached hydrogen (secondary N) is 2. The smallest absolute Gasteiger partial charge is 0.332 e. The van der Waals surface area contributed by atoms with Gasteiger partial charge in [-0.05, 0) is 24.6 Å². The van der Waals surface area contributed by atoms with E-state index in [0.717, 1.165) is 15.9 Å². The van der Waals surface area contributed by atoms with Crippen LogP contribution in [-0.4, -0.2) is 46.0 Å². The lowest BCUT2D eigenvalue weighted by Gasteiger charge is -2.21. The fourth-order valence-corrected chi connectivity index (χ4v) is 4.38. The first-order valence-electron chi connectivity index (χ1n) is 10.4. The van der Waals surface area contributed by atoms with Crippen LogP contribution in [0.15, 0.2) is 33.9 Å². The molecule has 2 heterocycles. The van der Waals surface area contributed by atoms with Gasteiger partial charge in [-0.2, -0.15) is 0 Å². The van der Waals surface area contributed by atoms with Crippen molar-refractivity contribution in [3.63, 3.8) is 0 Å². The monoisotopic (exact) mass is 462 g/mol. The van der Waals surface area contributed by atoms with E-state index in [1.807, 2.05) is 38.1 Å². The van der Waals surface area contributed by atoms with E-state index in [1.54, 1.807) is 23.7 Å². The third-order valence-corrected chi connectivity index (χ3v) is 6.56. The zero-order chi connectivity index (χ0) is 23.4. The summed E-state index contributed by atoms with van der Waals surface area (Å²) in [4.78, 5) is 38.7. The fourth-order valence-electron chi connectivity index (χ4n) is 3.51. The maximum absolute atomic E-state index is 12.5. The molecular weight excluding hydrogens is 432 g/mol. The third kappa shape index (κ3) is 4.94. The van der Waals surface area contributed by atoms with E-state index < -0.39 is 11.2 Å². The summed E-state index contributed by atoms with van der Waals surface area (Å²) in [5.74, 6) is 1.41.